The molecule has 1 rings (SSSR count). The molecular weight excluding hydrogens is 202 g/mol. The maximum Gasteiger partial charge on any atom is 0.0853 e. The molecular formula is C13H27NO2. The molecule has 1 aliphatic rings. The van der Waals surface area contributed by atoms with Gasteiger partial charge in [-0.1, -0.05) is 13.8 Å². The van der Waals surface area contributed by atoms with Crippen molar-refractivity contribution >= 4 is 0 Å². The summed E-state index contributed by atoms with van der Waals surface area (Å²) in [5.74, 6) is 0. The van der Waals surface area contributed by atoms with Gasteiger partial charge in [0.05, 0.1) is 18.2 Å². The first-order valence-corrected chi connectivity index (χ1v) is 6.65. The van der Waals surface area contributed by atoms with Crippen LogP contribution in [0, 0.1) is 0 Å². The van der Waals surface area contributed by atoms with E-state index in [4.69, 9.17) is 9.47 Å². The summed E-state index contributed by atoms with van der Waals surface area (Å²) in [6.45, 7) is 7.01. The molecule has 1 fully saturated rings. The first-order chi connectivity index (χ1) is 7.79. The molecule has 0 amide bonds. The fourth-order valence-corrected chi connectivity index (χ4v) is 2.28. The van der Waals surface area contributed by atoms with Gasteiger partial charge in [0.2, 0.25) is 0 Å². The van der Waals surface area contributed by atoms with Crippen molar-refractivity contribution in [2.45, 2.75) is 57.6 Å². The SMILES string of the molecule is CCCNC(COCCC)C1(OC)CCC1. The summed E-state index contributed by atoms with van der Waals surface area (Å²) in [5.41, 5.74) is 0.0446. The average molecular weight is 229 g/mol. The Kier molecular flexibility index (Phi) is 6.32. The Hall–Kier alpha value is -0.120. The average Bonchev–Trinajstić information content (AvgIpc) is 2.24. The fourth-order valence-electron chi connectivity index (χ4n) is 2.28. The highest BCUT2D eigenvalue weighted by Gasteiger charge is 2.44. The van der Waals surface area contributed by atoms with Crippen LogP contribution >= 0.6 is 0 Å². The summed E-state index contributed by atoms with van der Waals surface area (Å²) in [6, 6.07) is 0.359. The Bertz CT molecular complexity index is 175. The van der Waals surface area contributed by atoms with Crippen molar-refractivity contribution in [3.8, 4) is 0 Å². The third-order valence-corrected chi connectivity index (χ3v) is 3.52. The molecule has 0 heterocycles. The maximum absolute atomic E-state index is 5.72. The summed E-state index contributed by atoms with van der Waals surface area (Å²) >= 11 is 0. The second kappa shape index (κ2) is 7.25. The molecule has 3 heteroatoms. The fraction of sp³-hybridized carbons (Fsp3) is 1.00. The number of hydrogen-bond acceptors (Lipinski definition) is 3. The molecule has 0 aliphatic heterocycles. The number of nitrogens with one attached hydrogen (secondary N) is 1. The van der Waals surface area contributed by atoms with Gasteiger partial charge in [0.1, 0.15) is 0 Å². The normalized spacial score (nSPS) is 20.4. The van der Waals surface area contributed by atoms with Crippen molar-refractivity contribution in [3.05, 3.63) is 0 Å². The molecule has 0 aromatic carbocycles. The van der Waals surface area contributed by atoms with Gasteiger partial charge in [-0.3, -0.25) is 0 Å². The quantitative estimate of drug-likeness (QED) is 0.616. The van der Waals surface area contributed by atoms with Crippen molar-refractivity contribution in [1.29, 1.82) is 0 Å². The van der Waals surface area contributed by atoms with E-state index in [1.54, 1.807) is 0 Å². The Morgan fingerprint density at radius 3 is 2.44 bits per heavy atom. The lowest BCUT2D eigenvalue weighted by molar-refractivity contribution is -0.114. The van der Waals surface area contributed by atoms with E-state index in [9.17, 15) is 0 Å². The van der Waals surface area contributed by atoms with Gasteiger partial charge in [-0.15, -0.1) is 0 Å². The van der Waals surface area contributed by atoms with Gasteiger partial charge in [0, 0.05) is 13.7 Å². The van der Waals surface area contributed by atoms with Gasteiger partial charge in [-0.25, -0.2) is 0 Å². The molecule has 1 atom stereocenters. The van der Waals surface area contributed by atoms with E-state index in [2.05, 4.69) is 19.2 Å². The minimum atomic E-state index is 0.0446. The van der Waals surface area contributed by atoms with Crippen LogP contribution in [0.1, 0.15) is 46.0 Å². The van der Waals surface area contributed by atoms with Crippen molar-refractivity contribution in [2.75, 3.05) is 26.9 Å². The van der Waals surface area contributed by atoms with Crippen molar-refractivity contribution in [3.63, 3.8) is 0 Å². The van der Waals surface area contributed by atoms with Gasteiger partial charge >= 0.3 is 0 Å². The Morgan fingerprint density at radius 2 is 2.00 bits per heavy atom. The van der Waals surface area contributed by atoms with E-state index in [0.29, 0.717) is 6.04 Å². The third kappa shape index (κ3) is 3.44. The highest BCUT2D eigenvalue weighted by molar-refractivity contribution is 4.99. The standard InChI is InChI=1S/C13H27NO2/c1-4-9-14-12(11-16-10-5-2)13(15-3)7-6-8-13/h12,14H,4-11H2,1-3H3. The minimum absolute atomic E-state index is 0.0446. The summed E-state index contributed by atoms with van der Waals surface area (Å²) in [7, 11) is 1.83. The molecule has 0 bridgehead atoms. The summed E-state index contributed by atoms with van der Waals surface area (Å²) in [4.78, 5) is 0. The van der Waals surface area contributed by atoms with Crippen LogP contribution in [0.5, 0.6) is 0 Å². The van der Waals surface area contributed by atoms with E-state index in [0.717, 1.165) is 32.6 Å². The van der Waals surface area contributed by atoms with Crippen molar-refractivity contribution in [2.24, 2.45) is 0 Å². The van der Waals surface area contributed by atoms with Gasteiger partial charge in [-0.2, -0.15) is 0 Å². The van der Waals surface area contributed by atoms with E-state index in [1.807, 2.05) is 7.11 Å². The van der Waals surface area contributed by atoms with Crippen LogP contribution in [-0.4, -0.2) is 38.5 Å². The molecule has 1 saturated carbocycles. The first kappa shape index (κ1) is 13.9. The molecule has 0 saturated heterocycles. The molecule has 0 radical (unpaired) electrons. The zero-order valence-corrected chi connectivity index (χ0v) is 11.1. The van der Waals surface area contributed by atoms with Gasteiger partial charge < -0.3 is 14.8 Å². The molecule has 0 aromatic rings. The molecule has 16 heavy (non-hydrogen) atoms. The molecule has 0 aromatic heterocycles. The lowest BCUT2D eigenvalue weighted by Crippen LogP contribution is -2.58. The molecule has 1 aliphatic carbocycles. The van der Waals surface area contributed by atoms with Crippen LogP contribution in [0.15, 0.2) is 0 Å². The number of hydrogen-bond donors (Lipinski definition) is 1. The van der Waals surface area contributed by atoms with Crippen molar-refractivity contribution in [1.82, 2.24) is 5.32 Å². The van der Waals surface area contributed by atoms with Gasteiger partial charge in [0.25, 0.3) is 0 Å². The second-order valence-electron chi connectivity index (χ2n) is 4.70. The highest BCUT2D eigenvalue weighted by atomic mass is 16.5. The Balaban J connectivity index is 2.41. The first-order valence-electron chi connectivity index (χ1n) is 6.65. The van der Waals surface area contributed by atoms with E-state index < -0.39 is 0 Å². The van der Waals surface area contributed by atoms with Crippen LogP contribution < -0.4 is 5.32 Å². The number of ether oxygens (including phenoxy) is 2. The summed E-state index contributed by atoms with van der Waals surface area (Å²) in [6.07, 6.45) is 5.86. The van der Waals surface area contributed by atoms with Crippen LogP contribution in [0.4, 0.5) is 0 Å². The molecule has 1 unspecified atom stereocenters. The zero-order valence-electron chi connectivity index (χ0n) is 11.1. The maximum atomic E-state index is 5.72. The molecule has 96 valence electrons. The largest absolute Gasteiger partial charge is 0.380 e. The van der Waals surface area contributed by atoms with Crippen LogP contribution in [-0.2, 0) is 9.47 Å². The predicted molar refractivity (Wildman–Crippen MR) is 66.8 cm³/mol. The van der Waals surface area contributed by atoms with E-state index in [-0.39, 0.29) is 5.60 Å². The summed E-state index contributed by atoms with van der Waals surface area (Å²) in [5, 5.41) is 3.57. The zero-order chi connectivity index (χ0) is 11.9. The Morgan fingerprint density at radius 1 is 1.25 bits per heavy atom. The van der Waals surface area contributed by atoms with Crippen molar-refractivity contribution < 1.29 is 9.47 Å². The third-order valence-electron chi connectivity index (χ3n) is 3.52. The number of methoxy groups -OCH3 is 1. The summed E-state index contributed by atoms with van der Waals surface area (Å²) < 4.78 is 11.4. The van der Waals surface area contributed by atoms with Crippen LogP contribution in [0.25, 0.3) is 0 Å². The van der Waals surface area contributed by atoms with E-state index >= 15 is 0 Å². The van der Waals surface area contributed by atoms with Gasteiger partial charge in [-0.05, 0) is 38.6 Å². The minimum Gasteiger partial charge on any atom is -0.380 e. The lowest BCUT2D eigenvalue weighted by atomic mass is 9.74. The number of rotatable bonds is 9. The smallest absolute Gasteiger partial charge is 0.0853 e. The van der Waals surface area contributed by atoms with Crippen LogP contribution in [0.3, 0.4) is 0 Å². The predicted octanol–water partition coefficient (Wildman–Crippen LogP) is 2.35. The monoisotopic (exact) mass is 229 g/mol. The Labute approximate surface area is 99.9 Å². The van der Waals surface area contributed by atoms with Gasteiger partial charge in [0.15, 0.2) is 0 Å². The van der Waals surface area contributed by atoms with E-state index in [1.165, 1.54) is 19.3 Å². The molecule has 0 spiro atoms. The molecule has 1 N–H and O–H groups in total. The molecule has 3 nitrogen and oxygen atoms in total. The highest BCUT2D eigenvalue weighted by Crippen LogP contribution is 2.38. The topological polar surface area (TPSA) is 30.5 Å². The second-order valence-corrected chi connectivity index (χ2v) is 4.70. The lowest BCUT2D eigenvalue weighted by Gasteiger charge is -2.46. The van der Waals surface area contributed by atoms with Crippen LogP contribution in [0.2, 0.25) is 0 Å².